The van der Waals surface area contributed by atoms with Gasteiger partial charge >= 0.3 is 50.7 Å². The average Bonchev–Trinajstić information content (AvgIpc) is 2.08. The number of hydrogen-bond donors (Lipinski definition) is 1. The molecular formula is C8H23GeNO2. The van der Waals surface area contributed by atoms with E-state index in [2.05, 4.69) is 19.2 Å². The van der Waals surface area contributed by atoms with Crippen LogP contribution in [0, 0.1) is 0 Å². The zero-order chi connectivity index (χ0) is 9.66. The van der Waals surface area contributed by atoms with E-state index in [1.807, 2.05) is 13.8 Å². The molecule has 0 unspecified atom stereocenters. The summed E-state index contributed by atoms with van der Waals surface area (Å²) in [5, 5.41) is 3.11. The summed E-state index contributed by atoms with van der Waals surface area (Å²) < 4.78 is 10.1. The Morgan fingerprint density at radius 1 is 0.917 bits per heavy atom. The Labute approximate surface area is 83.4 Å². The minimum atomic E-state index is -0.948. The van der Waals surface area contributed by atoms with Crippen molar-refractivity contribution in [2.24, 2.45) is 0 Å². The van der Waals surface area contributed by atoms with Gasteiger partial charge < -0.3 is 5.32 Å². The Morgan fingerprint density at radius 3 is 1.50 bits per heavy atom. The molecule has 0 radical (unpaired) electrons. The topological polar surface area (TPSA) is 30.5 Å². The van der Waals surface area contributed by atoms with Crippen molar-refractivity contribution in [1.82, 2.24) is 5.32 Å². The van der Waals surface area contributed by atoms with Crippen LogP contribution in [0.15, 0.2) is 0 Å². The van der Waals surface area contributed by atoms with Gasteiger partial charge in [0.15, 0.2) is 0 Å². The van der Waals surface area contributed by atoms with E-state index in [9.17, 15) is 0 Å². The van der Waals surface area contributed by atoms with Crippen LogP contribution in [0.3, 0.4) is 0 Å². The van der Waals surface area contributed by atoms with Gasteiger partial charge in [-0.05, 0) is 13.1 Å². The Morgan fingerprint density at radius 2 is 1.33 bits per heavy atom. The van der Waals surface area contributed by atoms with Crippen molar-refractivity contribution in [1.29, 1.82) is 0 Å². The van der Waals surface area contributed by atoms with Crippen LogP contribution in [0.5, 0.6) is 0 Å². The van der Waals surface area contributed by atoms with Gasteiger partial charge in [-0.3, -0.25) is 0 Å². The van der Waals surface area contributed by atoms with Crippen LogP contribution in [-0.4, -0.2) is 42.4 Å². The molecular weight excluding hydrogens is 215 g/mol. The number of hydrogen-bond acceptors (Lipinski definition) is 3. The van der Waals surface area contributed by atoms with Gasteiger partial charge in [-0.25, -0.2) is 0 Å². The minimum absolute atomic E-state index is 0.819. The van der Waals surface area contributed by atoms with Crippen LogP contribution < -0.4 is 5.32 Å². The van der Waals surface area contributed by atoms with E-state index in [1.165, 1.54) is 0 Å². The van der Waals surface area contributed by atoms with E-state index < -0.39 is 16.1 Å². The van der Waals surface area contributed by atoms with Crippen molar-refractivity contribution in [3.8, 4) is 0 Å². The van der Waals surface area contributed by atoms with Crippen LogP contribution in [0.25, 0.3) is 0 Å². The second kappa shape index (κ2) is 17.5. The molecule has 76 valence electrons. The van der Waals surface area contributed by atoms with E-state index in [0.29, 0.717) is 0 Å². The van der Waals surface area contributed by atoms with Crippen LogP contribution in [-0.2, 0) is 7.53 Å². The summed E-state index contributed by atoms with van der Waals surface area (Å²) in [4.78, 5) is 0. The molecule has 3 nitrogen and oxygen atoms in total. The summed E-state index contributed by atoms with van der Waals surface area (Å²) in [6.45, 7) is 12.0. The summed E-state index contributed by atoms with van der Waals surface area (Å²) in [6, 6.07) is 0. The predicted octanol–water partition coefficient (Wildman–Crippen LogP) is 0.674. The van der Waals surface area contributed by atoms with E-state index in [4.69, 9.17) is 7.53 Å². The molecule has 0 amide bonds. The first-order chi connectivity index (χ1) is 5.83. The SMILES string of the molecule is CCNCC.CC[O][GeH2][O]CC. The molecule has 0 aliphatic heterocycles. The number of rotatable bonds is 6. The van der Waals surface area contributed by atoms with Crippen LogP contribution >= 0.6 is 0 Å². The Kier molecular flexibility index (Phi) is 21.7. The van der Waals surface area contributed by atoms with Crippen molar-refractivity contribution >= 4 is 16.1 Å². The maximum absolute atomic E-state index is 5.04. The molecule has 0 rings (SSSR count). The van der Waals surface area contributed by atoms with Crippen molar-refractivity contribution in [2.75, 3.05) is 26.3 Å². The van der Waals surface area contributed by atoms with Crippen molar-refractivity contribution in [3.63, 3.8) is 0 Å². The Bertz CT molecular complexity index is 59.0. The van der Waals surface area contributed by atoms with Gasteiger partial charge in [0.1, 0.15) is 0 Å². The van der Waals surface area contributed by atoms with Gasteiger partial charge in [-0.2, -0.15) is 0 Å². The maximum atomic E-state index is 5.04. The van der Waals surface area contributed by atoms with Gasteiger partial charge in [-0.15, -0.1) is 0 Å². The Balaban J connectivity index is 0. The zero-order valence-corrected chi connectivity index (χ0v) is 11.8. The zero-order valence-electron chi connectivity index (χ0n) is 8.85. The van der Waals surface area contributed by atoms with Crippen molar-refractivity contribution in [2.45, 2.75) is 27.7 Å². The normalized spacial score (nSPS) is 9.00. The van der Waals surface area contributed by atoms with Crippen LogP contribution in [0.1, 0.15) is 27.7 Å². The molecule has 12 heavy (non-hydrogen) atoms. The van der Waals surface area contributed by atoms with Gasteiger partial charge in [0, 0.05) is 0 Å². The molecule has 0 aliphatic rings. The summed E-state index contributed by atoms with van der Waals surface area (Å²) in [7, 11) is 0. The van der Waals surface area contributed by atoms with Crippen molar-refractivity contribution < 1.29 is 7.53 Å². The summed E-state index contributed by atoms with van der Waals surface area (Å²) in [5.74, 6) is 0. The first-order valence-corrected chi connectivity index (χ1v) is 7.11. The molecule has 0 saturated carbocycles. The first kappa shape index (κ1) is 14.9. The second-order valence-corrected chi connectivity index (χ2v) is 4.27. The monoisotopic (exact) mass is 239 g/mol. The van der Waals surface area contributed by atoms with Crippen molar-refractivity contribution in [3.05, 3.63) is 0 Å². The molecule has 0 aliphatic carbocycles. The summed E-state index contributed by atoms with van der Waals surface area (Å²) in [6.07, 6.45) is 0. The molecule has 4 heteroatoms. The summed E-state index contributed by atoms with van der Waals surface area (Å²) >= 11 is -0.948. The van der Waals surface area contributed by atoms with Gasteiger partial charge in [0.05, 0.1) is 0 Å². The molecule has 1 N–H and O–H groups in total. The standard InChI is InChI=1S/C4H12GeO2.C4H11N/c1-3-6-5-7-4-2;1-3-5-4-2/h3-5H2,1-2H3;5H,3-4H2,1-2H3. The van der Waals surface area contributed by atoms with E-state index in [1.54, 1.807) is 0 Å². The Hall–Kier alpha value is 0.423. The average molecular weight is 238 g/mol. The molecule has 0 heterocycles. The molecule has 0 atom stereocenters. The van der Waals surface area contributed by atoms with E-state index in [-0.39, 0.29) is 0 Å². The summed E-state index contributed by atoms with van der Waals surface area (Å²) in [5.41, 5.74) is 0. The van der Waals surface area contributed by atoms with Crippen LogP contribution in [0.4, 0.5) is 0 Å². The molecule has 0 aromatic heterocycles. The third-order valence-electron chi connectivity index (χ3n) is 1.07. The van der Waals surface area contributed by atoms with Gasteiger partial charge in [0.25, 0.3) is 0 Å². The van der Waals surface area contributed by atoms with E-state index in [0.717, 1.165) is 26.3 Å². The molecule has 0 fully saturated rings. The second-order valence-electron chi connectivity index (χ2n) is 2.06. The molecule has 0 aromatic rings. The fourth-order valence-corrected chi connectivity index (χ4v) is 1.42. The number of nitrogens with one attached hydrogen (secondary N) is 1. The molecule has 0 saturated heterocycles. The van der Waals surface area contributed by atoms with Gasteiger partial charge in [-0.1, -0.05) is 13.8 Å². The fourth-order valence-electron chi connectivity index (χ4n) is 0.476. The van der Waals surface area contributed by atoms with Gasteiger partial charge in [0.2, 0.25) is 0 Å². The third-order valence-corrected chi connectivity index (χ3v) is 3.49. The molecule has 0 spiro atoms. The first-order valence-electron chi connectivity index (χ1n) is 4.69. The third kappa shape index (κ3) is 22.4. The quantitative estimate of drug-likeness (QED) is 0.545. The molecule has 0 bridgehead atoms. The molecule has 0 aromatic carbocycles. The fraction of sp³-hybridized carbons (Fsp3) is 1.00. The van der Waals surface area contributed by atoms with Crippen LogP contribution in [0.2, 0.25) is 0 Å². The predicted molar refractivity (Wildman–Crippen MR) is 56.0 cm³/mol. The van der Waals surface area contributed by atoms with E-state index >= 15 is 0 Å².